The summed E-state index contributed by atoms with van der Waals surface area (Å²) in [6.45, 7) is 4.08. The molecule has 320 valence electrons. The molecule has 0 aliphatic rings. The molecule has 0 fully saturated rings. The Morgan fingerprint density at radius 3 is 1.53 bits per heavy atom. The molecule has 3 unspecified atom stereocenters. The molecule has 0 bridgehead atoms. The van der Waals surface area contributed by atoms with E-state index in [1.54, 1.807) is 6.08 Å². The maximum Gasteiger partial charge on any atom is 0.472 e. The third kappa shape index (κ3) is 40.2. The SMILES string of the molecule is CCCCCCC/C=C\C/C=C\C/C=C\CCCCCCCCCCC(=O)NC(COP(=O)(O)OCCN)C(O)/C=C/CC/C=C/CCCCCCCCC. The number of aliphatic hydroxyl groups is 1. The Hall–Kier alpha value is -1.80. The molecule has 0 aromatic carbocycles. The second-order valence-corrected chi connectivity index (χ2v) is 16.3. The zero-order chi connectivity index (χ0) is 40.3. The summed E-state index contributed by atoms with van der Waals surface area (Å²) in [6, 6.07) is -0.883. The summed E-state index contributed by atoms with van der Waals surface area (Å²) in [5, 5.41) is 13.6. The molecular weight excluding hydrogens is 707 g/mol. The van der Waals surface area contributed by atoms with Gasteiger partial charge in [-0.1, -0.05) is 177 Å². The molecule has 0 radical (unpaired) electrons. The van der Waals surface area contributed by atoms with Crippen LogP contribution in [0.3, 0.4) is 0 Å². The van der Waals surface area contributed by atoms with Crippen molar-refractivity contribution in [1.29, 1.82) is 0 Å². The van der Waals surface area contributed by atoms with E-state index in [0.29, 0.717) is 6.42 Å². The normalized spacial score (nSPS) is 14.6. The van der Waals surface area contributed by atoms with E-state index in [2.05, 4.69) is 67.8 Å². The van der Waals surface area contributed by atoms with Crippen molar-refractivity contribution in [3.8, 4) is 0 Å². The van der Waals surface area contributed by atoms with Gasteiger partial charge in [-0.2, -0.15) is 0 Å². The third-order valence-electron chi connectivity index (χ3n) is 9.57. The molecule has 55 heavy (non-hydrogen) atoms. The lowest BCUT2D eigenvalue weighted by atomic mass is 10.1. The molecule has 1 amide bonds. The lowest BCUT2D eigenvalue weighted by molar-refractivity contribution is -0.123. The van der Waals surface area contributed by atoms with Gasteiger partial charge in [0.2, 0.25) is 5.91 Å². The summed E-state index contributed by atoms with van der Waals surface area (Å²) in [4.78, 5) is 22.7. The van der Waals surface area contributed by atoms with Gasteiger partial charge in [0.05, 0.1) is 25.4 Å². The summed E-state index contributed by atoms with van der Waals surface area (Å²) in [5.74, 6) is -0.214. The Balaban J connectivity index is 4.20. The van der Waals surface area contributed by atoms with Gasteiger partial charge in [0.25, 0.3) is 0 Å². The fourth-order valence-corrected chi connectivity index (χ4v) is 6.91. The lowest BCUT2D eigenvalue weighted by Gasteiger charge is -2.23. The van der Waals surface area contributed by atoms with Gasteiger partial charge in [0.1, 0.15) is 0 Å². The second-order valence-electron chi connectivity index (χ2n) is 14.9. The molecule has 0 aliphatic heterocycles. The number of nitrogens with two attached hydrogens (primary N) is 1. The average molecular weight is 793 g/mol. The van der Waals surface area contributed by atoms with Gasteiger partial charge in [0, 0.05) is 13.0 Å². The van der Waals surface area contributed by atoms with Crippen LogP contribution in [0.4, 0.5) is 0 Å². The molecule has 0 spiro atoms. The van der Waals surface area contributed by atoms with Crippen LogP contribution in [-0.4, -0.2) is 47.8 Å². The van der Waals surface area contributed by atoms with Crippen molar-refractivity contribution in [2.75, 3.05) is 19.8 Å². The van der Waals surface area contributed by atoms with Crippen LogP contribution in [0.1, 0.15) is 194 Å². The molecule has 0 rings (SSSR count). The molecule has 0 saturated carbocycles. The van der Waals surface area contributed by atoms with Gasteiger partial charge < -0.3 is 21.1 Å². The van der Waals surface area contributed by atoms with Crippen molar-refractivity contribution in [3.63, 3.8) is 0 Å². The maximum atomic E-state index is 12.8. The summed E-state index contributed by atoms with van der Waals surface area (Å²) >= 11 is 0. The number of allylic oxidation sites excluding steroid dienone is 9. The molecule has 9 heteroatoms. The number of nitrogens with one attached hydrogen (secondary N) is 1. The number of rotatable bonds is 41. The molecule has 0 aromatic heterocycles. The van der Waals surface area contributed by atoms with Crippen LogP contribution in [0, 0.1) is 0 Å². The van der Waals surface area contributed by atoms with Crippen LogP contribution in [0.15, 0.2) is 60.8 Å². The Bertz CT molecular complexity index is 1040. The van der Waals surface area contributed by atoms with E-state index in [0.717, 1.165) is 57.8 Å². The Morgan fingerprint density at radius 1 is 0.600 bits per heavy atom. The number of phosphoric ester groups is 1. The van der Waals surface area contributed by atoms with Crippen molar-refractivity contribution in [3.05, 3.63) is 60.8 Å². The fraction of sp³-hybridized carbons (Fsp3) is 0.761. The van der Waals surface area contributed by atoms with Crippen LogP contribution < -0.4 is 11.1 Å². The third-order valence-corrected chi connectivity index (χ3v) is 10.5. The number of carbonyl (C=O) groups excluding carboxylic acids is 1. The first-order valence-corrected chi connectivity index (χ1v) is 23.9. The van der Waals surface area contributed by atoms with Gasteiger partial charge >= 0.3 is 7.82 Å². The molecule has 5 N–H and O–H groups in total. The summed E-state index contributed by atoms with van der Waals surface area (Å²) in [7, 11) is -4.35. The monoisotopic (exact) mass is 793 g/mol. The first-order valence-electron chi connectivity index (χ1n) is 22.4. The van der Waals surface area contributed by atoms with Crippen LogP contribution in [0.25, 0.3) is 0 Å². The van der Waals surface area contributed by atoms with Gasteiger partial charge in [-0.15, -0.1) is 0 Å². The van der Waals surface area contributed by atoms with Crippen molar-refractivity contribution in [1.82, 2.24) is 5.32 Å². The first-order chi connectivity index (χ1) is 26.9. The number of aliphatic hydroxyl groups excluding tert-OH is 1. The minimum atomic E-state index is -4.35. The summed E-state index contributed by atoms with van der Waals surface area (Å²) in [6.07, 6.45) is 52.7. The van der Waals surface area contributed by atoms with Crippen molar-refractivity contribution in [2.45, 2.75) is 206 Å². The van der Waals surface area contributed by atoms with Crippen LogP contribution in [-0.2, 0) is 18.4 Å². The number of phosphoric acid groups is 1. The smallest absolute Gasteiger partial charge is 0.387 e. The molecule has 8 nitrogen and oxygen atoms in total. The van der Waals surface area contributed by atoms with E-state index in [4.69, 9.17) is 14.8 Å². The number of unbranched alkanes of at least 4 members (excludes halogenated alkanes) is 21. The van der Waals surface area contributed by atoms with Crippen molar-refractivity contribution >= 4 is 13.7 Å². The topological polar surface area (TPSA) is 131 Å². The van der Waals surface area contributed by atoms with E-state index in [1.807, 2.05) is 6.08 Å². The van der Waals surface area contributed by atoms with Crippen LogP contribution in [0.2, 0.25) is 0 Å². The summed E-state index contributed by atoms with van der Waals surface area (Å²) in [5.41, 5.74) is 5.37. The zero-order valence-corrected chi connectivity index (χ0v) is 36.3. The van der Waals surface area contributed by atoms with Gasteiger partial charge in [-0.3, -0.25) is 13.8 Å². The Kier molecular flexibility index (Phi) is 40.5. The van der Waals surface area contributed by atoms with Gasteiger partial charge in [0.15, 0.2) is 0 Å². The second kappa shape index (κ2) is 41.8. The Morgan fingerprint density at radius 2 is 1.02 bits per heavy atom. The van der Waals surface area contributed by atoms with Crippen molar-refractivity contribution in [2.24, 2.45) is 5.73 Å². The van der Waals surface area contributed by atoms with E-state index in [-0.39, 0.29) is 25.7 Å². The molecule has 0 aromatic rings. The highest BCUT2D eigenvalue weighted by Crippen LogP contribution is 2.43. The quantitative estimate of drug-likeness (QED) is 0.0275. The van der Waals surface area contributed by atoms with E-state index >= 15 is 0 Å². The molecule has 0 saturated heterocycles. The molecule has 0 aliphatic carbocycles. The van der Waals surface area contributed by atoms with E-state index in [9.17, 15) is 19.4 Å². The predicted octanol–water partition coefficient (Wildman–Crippen LogP) is 12.7. The molecule has 3 atom stereocenters. The van der Waals surface area contributed by atoms with E-state index < -0.39 is 20.0 Å². The maximum absolute atomic E-state index is 12.8. The predicted molar refractivity (Wildman–Crippen MR) is 235 cm³/mol. The fourth-order valence-electron chi connectivity index (χ4n) is 6.15. The minimum Gasteiger partial charge on any atom is -0.387 e. The summed E-state index contributed by atoms with van der Waals surface area (Å²) < 4.78 is 22.1. The average Bonchev–Trinajstić information content (AvgIpc) is 3.17. The standard InChI is InChI=1S/C46H85N2O6P/c1-3-5-7-9-11-13-15-17-18-19-20-21-22-23-24-25-26-28-30-32-34-36-38-40-46(50)48-44(43-54-55(51,52)53-42-41-47)45(49)39-37-35-33-31-29-27-16-14-12-10-8-6-4-2/h15,17,19-20,22-23,29,31,37,39,44-45,49H,3-14,16,18,21,24-28,30,32-36,38,40-43,47H2,1-2H3,(H,48,50)(H,51,52)/b17-15-,20-19-,23-22-,31-29+,39-37+. The van der Waals surface area contributed by atoms with Crippen LogP contribution in [0.5, 0.6) is 0 Å². The minimum absolute atomic E-state index is 0.0703. The van der Waals surface area contributed by atoms with E-state index in [1.165, 1.54) is 116 Å². The highest BCUT2D eigenvalue weighted by molar-refractivity contribution is 7.47. The highest BCUT2D eigenvalue weighted by Gasteiger charge is 2.26. The molecule has 0 heterocycles. The van der Waals surface area contributed by atoms with Gasteiger partial charge in [-0.05, 0) is 70.6 Å². The number of hydrogen-bond acceptors (Lipinski definition) is 6. The number of amides is 1. The first kappa shape index (κ1) is 53.2. The zero-order valence-electron chi connectivity index (χ0n) is 35.4. The number of hydrogen-bond donors (Lipinski definition) is 4. The molecular formula is C46H85N2O6P. The largest absolute Gasteiger partial charge is 0.472 e. The number of carbonyl (C=O) groups is 1. The lowest BCUT2D eigenvalue weighted by Crippen LogP contribution is -2.45. The van der Waals surface area contributed by atoms with Crippen molar-refractivity contribution < 1.29 is 28.4 Å². The van der Waals surface area contributed by atoms with Crippen LogP contribution >= 0.6 is 7.82 Å². The van der Waals surface area contributed by atoms with Gasteiger partial charge in [-0.25, -0.2) is 4.57 Å². The Labute approximate surface area is 338 Å². The highest BCUT2D eigenvalue weighted by atomic mass is 31.2.